The fourth-order valence-corrected chi connectivity index (χ4v) is 5.21. The summed E-state index contributed by atoms with van der Waals surface area (Å²) >= 11 is 0. The van der Waals surface area contributed by atoms with Gasteiger partial charge in [0.1, 0.15) is 6.04 Å². The molecule has 194 valence electrons. The molecule has 1 aliphatic carbocycles. The lowest BCUT2D eigenvalue weighted by atomic mass is 9.73. The number of benzene rings is 2. The summed E-state index contributed by atoms with van der Waals surface area (Å²) < 4.78 is 18.6. The van der Waals surface area contributed by atoms with Crippen LogP contribution in [0.25, 0.3) is 11.4 Å². The molecule has 2 heterocycles. The molecule has 0 spiro atoms. The summed E-state index contributed by atoms with van der Waals surface area (Å²) in [4.78, 5) is 20.5. The van der Waals surface area contributed by atoms with Gasteiger partial charge in [-0.15, -0.1) is 5.10 Å². The van der Waals surface area contributed by atoms with Crippen LogP contribution in [0.2, 0.25) is 0 Å². The maximum absolute atomic E-state index is 13.6. The third kappa shape index (κ3) is 4.28. The van der Waals surface area contributed by atoms with Crippen molar-refractivity contribution in [1.82, 2.24) is 14.8 Å². The highest BCUT2D eigenvalue weighted by molar-refractivity contribution is 6.00. The lowest BCUT2D eigenvalue weighted by molar-refractivity contribution is -0.118. The normalized spacial score (nSPS) is 18.0. The van der Waals surface area contributed by atoms with Gasteiger partial charge in [-0.1, -0.05) is 13.8 Å². The number of anilines is 2. The van der Waals surface area contributed by atoms with Crippen molar-refractivity contribution < 1.29 is 19.0 Å². The Morgan fingerprint density at radius 2 is 1.65 bits per heavy atom. The van der Waals surface area contributed by atoms with Crippen LogP contribution in [0.1, 0.15) is 38.3 Å². The van der Waals surface area contributed by atoms with Gasteiger partial charge in [0, 0.05) is 43.0 Å². The molecule has 1 atom stereocenters. The van der Waals surface area contributed by atoms with Crippen LogP contribution in [0.15, 0.2) is 47.7 Å². The second kappa shape index (κ2) is 9.14. The number of methoxy groups -OCH3 is 3. The van der Waals surface area contributed by atoms with Crippen molar-refractivity contribution in [2.24, 2.45) is 5.41 Å². The summed E-state index contributed by atoms with van der Waals surface area (Å²) in [5.74, 6) is 2.79. The maximum atomic E-state index is 13.6. The van der Waals surface area contributed by atoms with Crippen molar-refractivity contribution in [1.29, 1.82) is 0 Å². The van der Waals surface area contributed by atoms with E-state index < -0.39 is 6.04 Å². The van der Waals surface area contributed by atoms with Gasteiger partial charge in [0.25, 0.3) is 0 Å². The van der Waals surface area contributed by atoms with Gasteiger partial charge in [-0.25, -0.2) is 4.68 Å². The number of ketones is 1. The Kier molecular flexibility index (Phi) is 6.09. The first-order valence-corrected chi connectivity index (χ1v) is 12.2. The minimum Gasteiger partial charge on any atom is -0.493 e. The third-order valence-electron chi connectivity index (χ3n) is 6.98. The van der Waals surface area contributed by atoms with Gasteiger partial charge in [0.15, 0.2) is 23.1 Å². The monoisotopic (exact) mass is 503 g/mol. The average molecular weight is 504 g/mol. The lowest BCUT2D eigenvalue weighted by Crippen LogP contribution is -2.36. The number of hydrogen-bond acceptors (Lipinski definition) is 8. The molecule has 0 amide bonds. The molecule has 1 aromatic heterocycles. The van der Waals surface area contributed by atoms with Crippen molar-refractivity contribution in [3.8, 4) is 28.6 Å². The van der Waals surface area contributed by atoms with Crippen LogP contribution in [-0.2, 0) is 4.79 Å². The number of carbonyl (C=O) groups is 1. The summed E-state index contributed by atoms with van der Waals surface area (Å²) in [5.41, 5.74) is 4.20. The van der Waals surface area contributed by atoms with Gasteiger partial charge < -0.3 is 24.4 Å². The molecule has 9 heteroatoms. The molecule has 2 aliphatic rings. The predicted molar refractivity (Wildman–Crippen MR) is 143 cm³/mol. The number of carbonyl (C=O) groups excluding carboxylic acids is 1. The Hall–Kier alpha value is -4.01. The van der Waals surface area contributed by atoms with Gasteiger partial charge in [0.05, 0.1) is 21.3 Å². The van der Waals surface area contributed by atoms with Crippen LogP contribution in [0, 0.1) is 5.41 Å². The molecule has 0 fully saturated rings. The van der Waals surface area contributed by atoms with Gasteiger partial charge in [-0.2, -0.15) is 4.98 Å². The highest BCUT2D eigenvalue weighted by Crippen LogP contribution is 2.48. The van der Waals surface area contributed by atoms with Gasteiger partial charge in [0.2, 0.25) is 11.7 Å². The number of nitrogens with one attached hydrogen (secondary N) is 1. The topological polar surface area (TPSA) is 90.7 Å². The number of rotatable bonds is 6. The zero-order valence-electron chi connectivity index (χ0n) is 22.4. The molecule has 0 radical (unpaired) electrons. The van der Waals surface area contributed by atoms with Crippen LogP contribution in [0.5, 0.6) is 17.2 Å². The molecular weight excluding hydrogens is 470 g/mol. The second-order valence-corrected chi connectivity index (χ2v) is 10.5. The Labute approximate surface area is 217 Å². The van der Waals surface area contributed by atoms with E-state index in [1.807, 2.05) is 55.4 Å². The van der Waals surface area contributed by atoms with Crippen LogP contribution in [0.4, 0.5) is 11.6 Å². The second-order valence-electron chi connectivity index (χ2n) is 10.5. The number of nitrogens with zero attached hydrogens (tertiary/aromatic N) is 4. The number of hydrogen-bond donors (Lipinski definition) is 1. The summed E-state index contributed by atoms with van der Waals surface area (Å²) in [5, 5.41) is 8.34. The van der Waals surface area contributed by atoms with Crippen LogP contribution >= 0.6 is 0 Å². The Balaban J connectivity index is 1.69. The van der Waals surface area contributed by atoms with Crippen molar-refractivity contribution in [3.05, 3.63) is 53.2 Å². The summed E-state index contributed by atoms with van der Waals surface area (Å²) in [7, 11) is 8.74. The van der Waals surface area contributed by atoms with Gasteiger partial charge in [-0.3, -0.25) is 4.79 Å². The standard InChI is InChI=1S/C28H33N5O4/c1-28(2)14-19-23(20(34)15-28)24(17-12-21(35-5)25(37-7)22(13-17)36-6)33-27(29-19)30-26(31-33)16-8-10-18(11-9-16)32(3)4/h8-13,24H,14-15H2,1-7H3,(H,29,30,31). The van der Waals surface area contributed by atoms with E-state index in [9.17, 15) is 4.79 Å². The molecule has 2 aromatic carbocycles. The number of allylic oxidation sites excluding steroid dienone is 2. The first kappa shape index (κ1) is 24.7. The lowest BCUT2D eigenvalue weighted by Gasteiger charge is -2.38. The average Bonchev–Trinajstić information content (AvgIpc) is 3.29. The van der Waals surface area contributed by atoms with E-state index >= 15 is 0 Å². The molecule has 1 N–H and O–H groups in total. The van der Waals surface area contributed by atoms with E-state index in [1.165, 1.54) is 0 Å². The van der Waals surface area contributed by atoms with E-state index in [0.717, 1.165) is 28.9 Å². The molecule has 9 nitrogen and oxygen atoms in total. The van der Waals surface area contributed by atoms with Crippen molar-refractivity contribution in [2.45, 2.75) is 32.7 Å². The van der Waals surface area contributed by atoms with Crippen molar-refractivity contribution >= 4 is 17.4 Å². The smallest absolute Gasteiger partial charge is 0.226 e. The van der Waals surface area contributed by atoms with E-state index in [4.69, 9.17) is 24.3 Å². The zero-order valence-corrected chi connectivity index (χ0v) is 22.4. The molecule has 1 aliphatic heterocycles. The van der Waals surface area contributed by atoms with Gasteiger partial charge >= 0.3 is 0 Å². The SMILES string of the molecule is COc1cc(C2C3=C(CC(C)(C)CC3=O)Nc3nc(-c4ccc(N(C)C)cc4)nn32)cc(OC)c1OC. The molecule has 37 heavy (non-hydrogen) atoms. The third-order valence-corrected chi connectivity index (χ3v) is 6.98. The zero-order chi connectivity index (χ0) is 26.5. The molecule has 3 aromatic rings. The molecule has 0 bridgehead atoms. The number of Topliss-reactive ketones (excluding diaryl/α,β-unsaturated/α-hetero) is 1. The Morgan fingerprint density at radius 3 is 2.22 bits per heavy atom. The first-order chi connectivity index (χ1) is 17.7. The van der Waals surface area contributed by atoms with Crippen molar-refractivity contribution in [3.63, 3.8) is 0 Å². The minimum absolute atomic E-state index is 0.0931. The van der Waals surface area contributed by atoms with Crippen molar-refractivity contribution in [2.75, 3.05) is 45.6 Å². The van der Waals surface area contributed by atoms with E-state index in [0.29, 0.717) is 41.0 Å². The molecule has 0 saturated heterocycles. The molecule has 1 unspecified atom stereocenters. The summed E-state index contributed by atoms with van der Waals surface area (Å²) in [6.45, 7) is 4.23. The van der Waals surface area contributed by atoms with Crippen LogP contribution < -0.4 is 24.4 Å². The molecular formula is C28H33N5O4. The van der Waals surface area contributed by atoms with E-state index in [2.05, 4.69) is 19.2 Å². The van der Waals surface area contributed by atoms with E-state index in [1.54, 1.807) is 26.0 Å². The van der Waals surface area contributed by atoms with Gasteiger partial charge in [-0.05, 0) is 53.8 Å². The molecule has 0 saturated carbocycles. The maximum Gasteiger partial charge on any atom is 0.226 e. The quantitative estimate of drug-likeness (QED) is 0.518. The minimum atomic E-state index is -0.495. The number of fused-ring (bicyclic) bond motifs is 1. The Bertz CT molecular complexity index is 1360. The number of aromatic nitrogens is 3. The predicted octanol–water partition coefficient (Wildman–Crippen LogP) is 4.70. The fourth-order valence-electron chi connectivity index (χ4n) is 5.21. The van der Waals surface area contributed by atoms with Crippen LogP contribution in [0.3, 0.4) is 0 Å². The number of ether oxygens (including phenoxy) is 3. The Morgan fingerprint density at radius 1 is 1.00 bits per heavy atom. The fraction of sp³-hybridized carbons (Fsp3) is 0.393. The largest absolute Gasteiger partial charge is 0.493 e. The highest BCUT2D eigenvalue weighted by Gasteiger charge is 2.42. The van der Waals surface area contributed by atoms with Crippen LogP contribution in [-0.4, -0.2) is 56.0 Å². The summed E-state index contributed by atoms with van der Waals surface area (Å²) in [6, 6.07) is 11.4. The first-order valence-electron chi connectivity index (χ1n) is 12.2. The van der Waals surface area contributed by atoms with E-state index in [-0.39, 0.29) is 11.2 Å². The summed E-state index contributed by atoms with van der Waals surface area (Å²) in [6.07, 6.45) is 1.19. The molecule has 5 rings (SSSR count). The highest BCUT2D eigenvalue weighted by atomic mass is 16.5.